The van der Waals surface area contributed by atoms with Crippen LogP contribution in [0.25, 0.3) is 0 Å². The van der Waals surface area contributed by atoms with E-state index >= 15 is 0 Å². The van der Waals surface area contributed by atoms with E-state index in [1.807, 2.05) is 0 Å². The fraction of sp³-hybridized carbons (Fsp3) is 0.727. The molecule has 1 rings (SSSR count). The first-order valence-electron chi connectivity index (χ1n) is 6.07. The van der Waals surface area contributed by atoms with Crippen molar-refractivity contribution in [3.63, 3.8) is 0 Å². The molecule has 0 fully saturated rings. The van der Waals surface area contributed by atoms with Gasteiger partial charge in [0.05, 0.1) is 12.4 Å². The average Bonchev–Trinajstić information content (AvgIpc) is 2.78. The summed E-state index contributed by atoms with van der Waals surface area (Å²) in [6.45, 7) is 6.41. The van der Waals surface area contributed by atoms with Crippen LogP contribution in [0, 0.1) is 5.92 Å². The maximum atomic E-state index is 10.4. The van der Waals surface area contributed by atoms with Crippen LogP contribution < -0.4 is 5.32 Å². The molecule has 19 heavy (non-hydrogen) atoms. The van der Waals surface area contributed by atoms with Gasteiger partial charge >= 0.3 is 5.97 Å². The van der Waals surface area contributed by atoms with Crippen LogP contribution in [0.1, 0.15) is 20.3 Å². The summed E-state index contributed by atoms with van der Waals surface area (Å²) in [7, 11) is 0. The zero-order valence-electron chi connectivity index (χ0n) is 11.1. The van der Waals surface area contributed by atoms with Gasteiger partial charge in [0.15, 0.2) is 4.34 Å². The Kier molecular flexibility index (Phi) is 7.76. The maximum absolute atomic E-state index is 10.4. The molecule has 6 nitrogen and oxygen atoms in total. The molecular formula is C11H19N3O3S2. The third-order valence-electron chi connectivity index (χ3n) is 2.09. The van der Waals surface area contributed by atoms with Gasteiger partial charge in [0.25, 0.3) is 0 Å². The largest absolute Gasteiger partial charge is 0.481 e. The van der Waals surface area contributed by atoms with Crippen LogP contribution in [0.5, 0.6) is 0 Å². The Hall–Kier alpha value is -0.860. The van der Waals surface area contributed by atoms with Crippen molar-refractivity contribution in [2.24, 2.45) is 5.92 Å². The molecule has 0 bridgehead atoms. The molecule has 0 atom stereocenters. The van der Waals surface area contributed by atoms with E-state index in [0.29, 0.717) is 28.5 Å². The number of nitrogens with one attached hydrogen (secondary N) is 1. The van der Waals surface area contributed by atoms with E-state index in [-0.39, 0.29) is 5.75 Å². The molecular weight excluding hydrogens is 286 g/mol. The highest BCUT2D eigenvalue weighted by Gasteiger charge is 2.06. The van der Waals surface area contributed by atoms with Crippen LogP contribution in [-0.2, 0) is 9.53 Å². The number of hydrogen-bond acceptors (Lipinski definition) is 7. The van der Waals surface area contributed by atoms with Crippen molar-refractivity contribution < 1.29 is 14.6 Å². The number of thioether (sulfide) groups is 1. The van der Waals surface area contributed by atoms with Crippen LogP contribution in [-0.4, -0.2) is 46.8 Å². The summed E-state index contributed by atoms with van der Waals surface area (Å²) < 4.78 is 6.12. The lowest BCUT2D eigenvalue weighted by Crippen LogP contribution is -2.10. The van der Waals surface area contributed by atoms with Crippen molar-refractivity contribution in [3.05, 3.63) is 0 Å². The van der Waals surface area contributed by atoms with E-state index in [9.17, 15) is 4.79 Å². The smallest absolute Gasteiger partial charge is 0.313 e. The van der Waals surface area contributed by atoms with Crippen LogP contribution >= 0.6 is 23.1 Å². The minimum atomic E-state index is -0.853. The number of aromatic nitrogens is 2. The molecule has 0 amide bonds. The Morgan fingerprint density at radius 1 is 1.47 bits per heavy atom. The zero-order valence-corrected chi connectivity index (χ0v) is 12.7. The van der Waals surface area contributed by atoms with Gasteiger partial charge in [-0.3, -0.25) is 4.79 Å². The van der Waals surface area contributed by atoms with Gasteiger partial charge in [0.2, 0.25) is 5.13 Å². The number of carboxylic acids is 1. The average molecular weight is 305 g/mol. The lowest BCUT2D eigenvalue weighted by Gasteiger charge is -2.06. The van der Waals surface area contributed by atoms with E-state index in [0.717, 1.165) is 13.0 Å². The van der Waals surface area contributed by atoms with E-state index in [2.05, 4.69) is 29.4 Å². The fourth-order valence-electron chi connectivity index (χ4n) is 1.11. The van der Waals surface area contributed by atoms with E-state index in [1.165, 1.54) is 23.1 Å². The molecule has 1 aromatic heterocycles. The number of anilines is 1. The van der Waals surface area contributed by atoms with Crippen LogP contribution in [0.4, 0.5) is 5.13 Å². The van der Waals surface area contributed by atoms with Crippen LogP contribution in [0.15, 0.2) is 4.34 Å². The first-order valence-corrected chi connectivity index (χ1v) is 7.88. The summed E-state index contributed by atoms with van der Waals surface area (Å²) in [6, 6.07) is 0. The van der Waals surface area contributed by atoms with Gasteiger partial charge in [-0.25, -0.2) is 0 Å². The summed E-state index contributed by atoms with van der Waals surface area (Å²) in [6.07, 6.45) is 1.06. The minimum Gasteiger partial charge on any atom is -0.481 e. The lowest BCUT2D eigenvalue weighted by molar-refractivity contribution is -0.133. The van der Waals surface area contributed by atoms with Gasteiger partial charge in [-0.2, -0.15) is 0 Å². The highest BCUT2D eigenvalue weighted by Crippen LogP contribution is 2.24. The molecule has 1 aromatic rings. The number of hydrogen-bond donors (Lipinski definition) is 2. The predicted molar refractivity (Wildman–Crippen MR) is 77.0 cm³/mol. The molecule has 0 spiro atoms. The van der Waals surface area contributed by atoms with E-state index in [1.54, 1.807) is 0 Å². The van der Waals surface area contributed by atoms with Gasteiger partial charge in [-0.15, -0.1) is 10.2 Å². The highest BCUT2D eigenvalue weighted by molar-refractivity contribution is 8.01. The van der Waals surface area contributed by atoms with Crippen molar-refractivity contribution in [1.82, 2.24) is 10.2 Å². The first-order chi connectivity index (χ1) is 9.08. The Morgan fingerprint density at radius 3 is 2.95 bits per heavy atom. The molecule has 1 heterocycles. The summed E-state index contributed by atoms with van der Waals surface area (Å²) in [5, 5.41) is 20.2. The standard InChI is InChI=1S/C11H19N3O3S2/c1-8(2)3-5-17-6-4-12-10-13-14-11(19-10)18-7-9(15)16/h8H,3-7H2,1-2H3,(H,12,13)(H,15,16). The monoisotopic (exact) mass is 305 g/mol. The molecule has 2 N–H and O–H groups in total. The Labute approximate surface area is 121 Å². The first kappa shape index (κ1) is 16.2. The second-order valence-corrected chi connectivity index (χ2v) is 6.48. The second-order valence-electron chi connectivity index (χ2n) is 4.28. The molecule has 0 radical (unpaired) electrons. The molecule has 0 aliphatic rings. The molecule has 0 aliphatic carbocycles. The molecule has 8 heteroatoms. The Balaban J connectivity index is 2.11. The topological polar surface area (TPSA) is 84.3 Å². The minimum absolute atomic E-state index is 0.00689. The summed E-state index contributed by atoms with van der Waals surface area (Å²) >= 11 is 2.53. The van der Waals surface area contributed by atoms with Crippen molar-refractivity contribution in [1.29, 1.82) is 0 Å². The van der Waals surface area contributed by atoms with E-state index in [4.69, 9.17) is 9.84 Å². The third-order valence-corrected chi connectivity index (χ3v) is 4.09. The van der Waals surface area contributed by atoms with Crippen molar-refractivity contribution >= 4 is 34.2 Å². The van der Waals surface area contributed by atoms with Gasteiger partial charge in [-0.05, 0) is 12.3 Å². The van der Waals surface area contributed by atoms with Gasteiger partial charge in [-0.1, -0.05) is 36.9 Å². The number of carboxylic acid groups (broad SMARTS) is 1. The number of aliphatic carboxylic acids is 1. The Morgan fingerprint density at radius 2 is 2.26 bits per heavy atom. The van der Waals surface area contributed by atoms with Gasteiger partial charge in [0.1, 0.15) is 0 Å². The zero-order chi connectivity index (χ0) is 14.1. The summed E-state index contributed by atoms with van der Waals surface area (Å²) in [4.78, 5) is 10.4. The number of carbonyl (C=O) groups is 1. The van der Waals surface area contributed by atoms with Crippen molar-refractivity contribution in [2.75, 3.05) is 30.8 Å². The number of nitrogens with zero attached hydrogens (tertiary/aromatic N) is 2. The molecule has 0 aromatic carbocycles. The van der Waals surface area contributed by atoms with Gasteiger partial charge in [0, 0.05) is 13.2 Å². The van der Waals surface area contributed by atoms with Crippen molar-refractivity contribution in [3.8, 4) is 0 Å². The van der Waals surface area contributed by atoms with Crippen LogP contribution in [0.2, 0.25) is 0 Å². The number of rotatable bonds is 10. The number of ether oxygens (including phenoxy) is 1. The SMILES string of the molecule is CC(C)CCOCCNc1nnc(SCC(=O)O)s1. The second kappa shape index (κ2) is 9.11. The summed E-state index contributed by atoms with van der Waals surface area (Å²) in [5.41, 5.74) is 0. The van der Waals surface area contributed by atoms with E-state index < -0.39 is 5.97 Å². The molecule has 0 saturated heterocycles. The molecule has 0 aliphatic heterocycles. The molecule has 0 saturated carbocycles. The highest BCUT2D eigenvalue weighted by atomic mass is 32.2. The summed E-state index contributed by atoms with van der Waals surface area (Å²) in [5.74, 6) is -0.189. The quantitative estimate of drug-likeness (QED) is 0.506. The van der Waals surface area contributed by atoms with Gasteiger partial charge < -0.3 is 15.2 Å². The lowest BCUT2D eigenvalue weighted by atomic mass is 10.1. The third kappa shape index (κ3) is 8.02. The van der Waals surface area contributed by atoms with Crippen LogP contribution in [0.3, 0.4) is 0 Å². The molecule has 108 valence electrons. The predicted octanol–water partition coefficient (Wildman–Crippen LogP) is 2.19. The Bertz CT molecular complexity index is 385. The van der Waals surface area contributed by atoms with Crippen molar-refractivity contribution in [2.45, 2.75) is 24.6 Å². The normalized spacial score (nSPS) is 10.9. The maximum Gasteiger partial charge on any atom is 0.313 e. The molecule has 0 unspecified atom stereocenters. The fourth-order valence-corrected chi connectivity index (χ4v) is 2.61.